The quantitative estimate of drug-likeness (QED) is 0.839. The number of carbonyl (C=O) groups excluding carboxylic acids is 1. The third-order valence-electron chi connectivity index (χ3n) is 4.32. The van der Waals surface area contributed by atoms with Crippen LogP contribution in [0.5, 0.6) is 5.75 Å². The molecule has 0 aromatic heterocycles. The fraction of sp³-hybridized carbons (Fsp3) is 0.278. The van der Waals surface area contributed by atoms with Gasteiger partial charge in [-0.25, -0.2) is 8.42 Å². The van der Waals surface area contributed by atoms with Gasteiger partial charge in [0.15, 0.2) is 0 Å². The van der Waals surface area contributed by atoms with E-state index in [1.165, 1.54) is 10.6 Å². The van der Waals surface area contributed by atoms with E-state index in [1.807, 2.05) is 18.2 Å². The molecule has 3 rings (SSSR count). The SMILES string of the molecule is COc1cccc(N(C)C(=O)c2ccc3c(c2)CCN3S(C)(=O)=O)c1. The van der Waals surface area contributed by atoms with Crippen LogP contribution in [0.1, 0.15) is 15.9 Å². The number of benzene rings is 2. The number of hydrogen-bond donors (Lipinski definition) is 0. The first-order valence-electron chi connectivity index (χ1n) is 7.84. The second kappa shape index (κ2) is 6.40. The third-order valence-corrected chi connectivity index (χ3v) is 5.50. The maximum atomic E-state index is 12.8. The van der Waals surface area contributed by atoms with Gasteiger partial charge in [0.25, 0.3) is 5.91 Å². The van der Waals surface area contributed by atoms with Gasteiger partial charge >= 0.3 is 0 Å². The Morgan fingerprint density at radius 1 is 1.20 bits per heavy atom. The molecule has 0 saturated carbocycles. The molecule has 0 fully saturated rings. The number of carbonyl (C=O) groups is 1. The average Bonchev–Trinajstić information content (AvgIpc) is 3.04. The highest BCUT2D eigenvalue weighted by atomic mass is 32.2. The molecule has 6 nitrogen and oxygen atoms in total. The normalized spacial score (nSPS) is 13.5. The summed E-state index contributed by atoms with van der Waals surface area (Å²) < 4.78 is 30.2. The molecule has 0 spiro atoms. The summed E-state index contributed by atoms with van der Waals surface area (Å²) in [6, 6.07) is 12.4. The molecule has 1 aliphatic heterocycles. The maximum absolute atomic E-state index is 12.8. The minimum atomic E-state index is -3.29. The highest BCUT2D eigenvalue weighted by Crippen LogP contribution is 2.31. The number of rotatable bonds is 4. The molecule has 0 saturated heterocycles. The molecule has 2 aromatic rings. The van der Waals surface area contributed by atoms with Gasteiger partial charge in [0.1, 0.15) is 5.75 Å². The second-order valence-corrected chi connectivity index (χ2v) is 7.90. The summed E-state index contributed by atoms with van der Waals surface area (Å²) in [7, 11) is -0.0121. The van der Waals surface area contributed by atoms with E-state index in [0.29, 0.717) is 30.0 Å². The van der Waals surface area contributed by atoms with Crippen LogP contribution in [-0.4, -0.2) is 41.3 Å². The summed E-state index contributed by atoms with van der Waals surface area (Å²) >= 11 is 0. The zero-order chi connectivity index (χ0) is 18.2. The van der Waals surface area contributed by atoms with E-state index in [2.05, 4.69) is 0 Å². The Morgan fingerprint density at radius 2 is 1.96 bits per heavy atom. The van der Waals surface area contributed by atoms with E-state index in [9.17, 15) is 13.2 Å². The van der Waals surface area contributed by atoms with Crippen molar-refractivity contribution in [3.8, 4) is 5.75 Å². The predicted octanol–water partition coefficient (Wildman–Crippen LogP) is 2.29. The Morgan fingerprint density at radius 3 is 2.64 bits per heavy atom. The lowest BCUT2D eigenvalue weighted by Gasteiger charge is -2.19. The standard InChI is InChI=1S/C18H20N2O4S/c1-19(15-5-4-6-16(12-15)24-2)18(21)14-7-8-17-13(11-14)9-10-20(17)25(3,22)23/h4-8,11-12H,9-10H2,1-3H3. The first-order valence-corrected chi connectivity index (χ1v) is 9.69. The average molecular weight is 360 g/mol. The predicted molar refractivity (Wildman–Crippen MR) is 98.1 cm³/mol. The Balaban J connectivity index is 1.89. The van der Waals surface area contributed by atoms with Crippen LogP contribution >= 0.6 is 0 Å². The molecule has 0 atom stereocenters. The topological polar surface area (TPSA) is 66.9 Å². The van der Waals surface area contributed by atoms with Crippen LogP contribution in [-0.2, 0) is 16.4 Å². The van der Waals surface area contributed by atoms with Crippen molar-refractivity contribution in [2.45, 2.75) is 6.42 Å². The number of methoxy groups -OCH3 is 1. The summed E-state index contributed by atoms with van der Waals surface area (Å²) in [5.74, 6) is 0.517. The summed E-state index contributed by atoms with van der Waals surface area (Å²) in [6.07, 6.45) is 1.80. The first kappa shape index (κ1) is 17.3. The van der Waals surface area contributed by atoms with Crippen molar-refractivity contribution in [1.82, 2.24) is 0 Å². The van der Waals surface area contributed by atoms with Crippen LogP contribution < -0.4 is 13.9 Å². The van der Waals surface area contributed by atoms with Gasteiger partial charge < -0.3 is 9.64 Å². The second-order valence-electron chi connectivity index (χ2n) is 5.99. The molecule has 25 heavy (non-hydrogen) atoms. The molecule has 1 heterocycles. The van der Waals surface area contributed by atoms with Crippen molar-refractivity contribution < 1.29 is 17.9 Å². The van der Waals surface area contributed by atoms with Gasteiger partial charge in [-0.1, -0.05) is 6.07 Å². The van der Waals surface area contributed by atoms with E-state index >= 15 is 0 Å². The van der Waals surface area contributed by atoms with Crippen molar-refractivity contribution in [1.29, 1.82) is 0 Å². The van der Waals surface area contributed by atoms with Crippen LogP contribution in [0.15, 0.2) is 42.5 Å². The number of sulfonamides is 1. The number of ether oxygens (including phenoxy) is 1. The van der Waals surface area contributed by atoms with Gasteiger partial charge in [0.2, 0.25) is 10.0 Å². The fourth-order valence-electron chi connectivity index (χ4n) is 2.98. The Hall–Kier alpha value is -2.54. The number of nitrogens with zero attached hydrogens (tertiary/aromatic N) is 2. The van der Waals surface area contributed by atoms with E-state index in [4.69, 9.17) is 4.74 Å². The zero-order valence-corrected chi connectivity index (χ0v) is 15.2. The van der Waals surface area contributed by atoms with E-state index in [-0.39, 0.29) is 5.91 Å². The summed E-state index contributed by atoms with van der Waals surface area (Å²) in [5, 5.41) is 0. The lowest BCUT2D eigenvalue weighted by molar-refractivity contribution is 0.0993. The molecule has 1 aliphatic rings. The van der Waals surface area contributed by atoms with E-state index in [1.54, 1.807) is 43.3 Å². The van der Waals surface area contributed by atoms with E-state index in [0.717, 1.165) is 11.3 Å². The molecule has 1 amide bonds. The van der Waals surface area contributed by atoms with Gasteiger partial charge in [0.05, 0.1) is 19.1 Å². The van der Waals surface area contributed by atoms with Crippen molar-refractivity contribution in [3.05, 3.63) is 53.6 Å². The zero-order valence-electron chi connectivity index (χ0n) is 14.4. The van der Waals surface area contributed by atoms with Crippen LogP contribution in [0.4, 0.5) is 11.4 Å². The van der Waals surface area contributed by atoms with Gasteiger partial charge in [-0.05, 0) is 42.3 Å². The molecule has 0 aliphatic carbocycles. The Labute approximate surface area is 147 Å². The molecule has 2 aromatic carbocycles. The van der Waals surface area contributed by atoms with E-state index < -0.39 is 10.0 Å². The fourth-order valence-corrected chi connectivity index (χ4v) is 3.94. The van der Waals surface area contributed by atoms with Crippen LogP contribution in [0.3, 0.4) is 0 Å². The van der Waals surface area contributed by atoms with Gasteiger partial charge in [-0.15, -0.1) is 0 Å². The molecular weight excluding hydrogens is 340 g/mol. The monoisotopic (exact) mass is 360 g/mol. The van der Waals surface area contributed by atoms with Crippen molar-refractivity contribution in [2.75, 3.05) is 36.2 Å². The first-order chi connectivity index (χ1) is 11.8. The summed E-state index contributed by atoms with van der Waals surface area (Å²) in [6.45, 7) is 0.414. The number of amides is 1. The molecule has 0 bridgehead atoms. The molecule has 0 N–H and O–H groups in total. The summed E-state index contributed by atoms with van der Waals surface area (Å²) in [4.78, 5) is 14.3. The van der Waals surface area contributed by atoms with Crippen molar-refractivity contribution in [3.63, 3.8) is 0 Å². The molecule has 132 valence electrons. The van der Waals surface area contributed by atoms with Crippen LogP contribution in [0.25, 0.3) is 0 Å². The van der Waals surface area contributed by atoms with Gasteiger partial charge in [-0.2, -0.15) is 0 Å². The lowest BCUT2D eigenvalue weighted by Crippen LogP contribution is -2.28. The van der Waals surface area contributed by atoms with Gasteiger partial charge in [-0.3, -0.25) is 9.10 Å². The molecular formula is C18H20N2O4S. The lowest BCUT2D eigenvalue weighted by atomic mass is 10.1. The van der Waals surface area contributed by atoms with Gasteiger partial charge in [0, 0.05) is 30.9 Å². The minimum absolute atomic E-state index is 0.158. The number of hydrogen-bond acceptors (Lipinski definition) is 4. The maximum Gasteiger partial charge on any atom is 0.258 e. The summed E-state index contributed by atoms with van der Waals surface area (Å²) in [5.41, 5.74) is 2.78. The van der Waals surface area contributed by atoms with Crippen LogP contribution in [0.2, 0.25) is 0 Å². The molecule has 0 radical (unpaired) electrons. The van der Waals surface area contributed by atoms with Crippen molar-refractivity contribution in [2.24, 2.45) is 0 Å². The van der Waals surface area contributed by atoms with Crippen LogP contribution in [0, 0.1) is 0 Å². The minimum Gasteiger partial charge on any atom is -0.497 e. The number of fused-ring (bicyclic) bond motifs is 1. The molecule has 0 unspecified atom stereocenters. The van der Waals surface area contributed by atoms with Crippen molar-refractivity contribution >= 4 is 27.3 Å². The third kappa shape index (κ3) is 3.32. The Kier molecular flexibility index (Phi) is 4.43. The highest BCUT2D eigenvalue weighted by Gasteiger charge is 2.27. The molecule has 7 heteroatoms. The number of anilines is 2. The smallest absolute Gasteiger partial charge is 0.258 e. The highest BCUT2D eigenvalue weighted by molar-refractivity contribution is 7.92. The largest absolute Gasteiger partial charge is 0.497 e. The Bertz CT molecular complexity index is 924.